The summed E-state index contributed by atoms with van der Waals surface area (Å²) >= 11 is 0. The molecule has 1 saturated heterocycles. The molecule has 1 aliphatic carbocycles. The van der Waals surface area contributed by atoms with Gasteiger partial charge >= 0.3 is 0 Å². The summed E-state index contributed by atoms with van der Waals surface area (Å²) in [5.41, 5.74) is 7.83. The van der Waals surface area contributed by atoms with Crippen LogP contribution in [0.3, 0.4) is 0 Å². The predicted octanol–water partition coefficient (Wildman–Crippen LogP) is 4.32. The summed E-state index contributed by atoms with van der Waals surface area (Å²) in [5, 5.41) is 0. The zero-order valence-corrected chi connectivity index (χ0v) is 17.3. The number of hydrogen-bond donors (Lipinski definition) is 1. The number of carbonyl (C=O) groups excluding carboxylic acids is 2. The van der Waals surface area contributed by atoms with Gasteiger partial charge in [-0.2, -0.15) is 0 Å². The molecule has 0 aromatic heterocycles. The average Bonchev–Trinajstić information content (AvgIpc) is 3.28. The number of halogens is 1. The summed E-state index contributed by atoms with van der Waals surface area (Å²) in [6.07, 6.45) is 6.07. The van der Waals surface area contributed by atoms with Crippen molar-refractivity contribution < 1.29 is 14.0 Å². The number of benzene rings is 2. The molecule has 2 fully saturated rings. The van der Waals surface area contributed by atoms with Crippen LogP contribution >= 0.6 is 0 Å². The lowest BCUT2D eigenvalue weighted by atomic mass is 9.74. The quantitative estimate of drug-likeness (QED) is 0.801. The van der Waals surface area contributed by atoms with E-state index in [2.05, 4.69) is 0 Å². The molecule has 1 saturated carbocycles. The number of rotatable bonds is 5. The summed E-state index contributed by atoms with van der Waals surface area (Å²) in [7, 11) is 0. The van der Waals surface area contributed by atoms with Gasteiger partial charge < -0.3 is 10.6 Å². The Kier molecular flexibility index (Phi) is 5.89. The van der Waals surface area contributed by atoms with Gasteiger partial charge in [-0.15, -0.1) is 0 Å². The van der Waals surface area contributed by atoms with Gasteiger partial charge in [0, 0.05) is 19.0 Å². The van der Waals surface area contributed by atoms with Gasteiger partial charge in [0.25, 0.3) is 0 Å². The number of amides is 2. The summed E-state index contributed by atoms with van der Waals surface area (Å²) < 4.78 is 13.6. The van der Waals surface area contributed by atoms with E-state index < -0.39 is 5.41 Å². The van der Waals surface area contributed by atoms with E-state index in [-0.39, 0.29) is 23.5 Å². The molecule has 1 aliphatic heterocycles. The van der Waals surface area contributed by atoms with Crippen molar-refractivity contribution in [3.8, 4) is 11.1 Å². The van der Waals surface area contributed by atoms with Crippen molar-refractivity contribution in [3.05, 3.63) is 59.9 Å². The second kappa shape index (κ2) is 8.58. The minimum atomic E-state index is -0.757. The highest BCUT2D eigenvalue weighted by molar-refractivity contribution is 5.84. The molecule has 2 N–H and O–H groups in total. The zero-order valence-electron chi connectivity index (χ0n) is 17.3. The average molecular weight is 409 g/mol. The topological polar surface area (TPSA) is 63.4 Å². The van der Waals surface area contributed by atoms with E-state index in [0.29, 0.717) is 25.9 Å². The Labute approximate surface area is 177 Å². The lowest BCUT2D eigenvalue weighted by Gasteiger charge is -2.41. The van der Waals surface area contributed by atoms with Gasteiger partial charge in [-0.05, 0) is 60.9 Å². The number of carbonyl (C=O) groups is 2. The van der Waals surface area contributed by atoms with Crippen LogP contribution in [0.25, 0.3) is 11.1 Å². The standard InChI is InChI=1S/C25H29FN2O2/c26-22-11-4-10-21(15-22)20-9-3-6-18(14-20)16-25(24(27)30)12-5-13-28(17-25)23(29)19-7-1-2-8-19/h3-4,6,9-11,14-15,19H,1-2,5,7-8,12-13,16-17H2,(H2,27,30)/t25-/m1/s1. The molecule has 0 spiro atoms. The van der Waals surface area contributed by atoms with Crippen LogP contribution in [0, 0.1) is 17.2 Å². The molecule has 158 valence electrons. The molecule has 4 rings (SSSR count). The Morgan fingerprint density at radius 3 is 2.43 bits per heavy atom. The fourth-order valence-corrected chi connectivity index (χ4v) is 5.10. The molecule has 2 aromatic carbocycles. The van der Waals surface area contributed by atoms with E-state index in [4.69, 9.17) is 5.73 Å². The van der Waals surface area contributed by atoms with Crippen LogP contribution in [-0.2, 0) is 16.0 Å². The van der Waals surface area contributed by atoms with Crippen molar-refractivity contribution >= 4 is 11.8 Å². The van der Waals surface area contributed by atoms with Gasteiger partial charge in [0.1, 0.15) is 5.82 Å². The molecular weight excluding hydrogens is 379 g/mol. The third-order valence-electron chi connectivity index (χ3n) is 6.74. The van der Waals surface area contributed by atoms with Gasteiger partial charge in [0.05, 0.1) is 5.41 Å². The number of nitrogens with two attached hydrogens (primary N) is 1. The van der Waals surface area contributed by atoms with Crippen LogP contribution in [0.15, 0.2) is 48.5 Å². The lowest BCUT2D eigenvalue weighted by Crippen LogP contribution is -2.54. The highest BCUT2D eigenvalue weighted by Gasteiger charge is 2.43. The number of likely N-dealkylation sites (tertiary alicyclic amines) is 1. The molecule has 0 radical (unpaired) electrons. The molecule has 0 unspecified atom stereocenters. The maximum atomic E-state index is 13.6. The first kappa shape index (κ1) is 20.6. The van der Waals surface area contributed by atoms with Crippen molar-refractivity contribution in [2.45, 2.75) is 44.9 Å². The van der Waals surface area contributed by atoms with E-state index in [1.807, 2.05) is 35.2 Å². The van der Waals surface area contributed by atoms with Gasteiger partial charge in [-0.1, -0.05) is 49.2 Å². The summed E-state index contributed by atoms with van der Waals surface area (Å²) in [5.74, 6) is -0.334. The smallest absolute Gasteiger partial charge is 0.225 e. The zero-order chi connectivity index (χ0) is 21.1. The molecular formula is C25H29FN2O2. The molecule has 30 heavy (non-hydrogen) atoms. The minimum absolute atomic E-state index is 0.102. The van der Waals surface area contributed by atoms with Gasteiger partial charge in [0.2, 0.25) is 11.8 Å². The van der Waals surface area contributed by atoms with E-state index in [0.717, 1.165) is 48.8 Å². The van der Waals surface area contributed by atoms with E-state index in [9.17, 15) is 14.0 Å². The van der Waals surface area contributed by atoms with Crippen molar-refractivity contribution in [3.63, 3.8) is 0 Å². The summed E-state index contributed by atoms with van der Waals surface area (Å²) in [6.45, 7) is 1.09. The first-order valence-electron chi connectivity index (χ1n) is 10.9. The largest absolute Gasteiger partial charge is 0.369 e. The molecule has 4 nitrogen and oxygen atoms in total. The van der Waals surface area contributed by atoms with Gasteiger partial charge in [-0.25, -0.2) is 4.39 Å². The number of hydrogen-bond acceptors (Lipinski definition) is 2. The van der Waals surface area contributed by atoms with E-state index >= 15 is 0 Å². The van der Waals surface area contributed by atoms with Crippen LogP contribution in [0.4, 0.5) is 4.39 Å². The molecule has 2 amide bonds. The Bertz CT molecular complexity index is 938. The maximum absolute atomic E-state index is 13.6. The monoisotopic (exact) mass is 408 g/mol. The third-order valence-corrected chi connectivity index (χ3v) is 6.74. The second-order valence-electron chi connectivity index (χ2n) is 8.88. The van der Waals surface area contributed by atoms with Crippen LogP contribution in [-0.4, -0.2) is 29.8 Å². The van der Waals surface area contributed by atoms with Crippen molar-refractivity contribution in [1.82, 2.24) is 4.90 Å². The first-order chi connectivity index (χ1) is 14.5. The Balaban J connectivity index is 1.56. The van der Waals surface area contributed by atoms with Crippen molar-refractivity contribution in [2.75, 3.05) is 13.1 Å². The maximum Gasteiger partial charge on any atom is 0.225 e. The SMILES string of the molecule is NC(=O)[C@@]1(Cc2cccc(-c3cccc(F)c3)c2)CCCN(C(=O)C2CCCC2)C1. The molecule has 5 heteroatoms. The van der Waals surface area contributed by atoms with Crippen LogP contribution in [0.5, 0.6) is 0 Å². The fraction of sp³-hybridized carbons (Fsp3) is 0.440. The van der Waals surface area contributed by atoms with Crippen LogP contribution < -0.4 is 5.73 Å². The first-order valence-corrected chi connectivity index (χ1v) is 10.9. The Morgan fingerprint density at radius 2 is 1.73 bits per heavy atom. The molecule has 2 aromatic rings. The molecule has 1 atom stereocenters. The highest BCUT2D eigenvalue weighted by Crippen LogP contribution is 2.36. The van der Waals surface area contributed by atoms with E-state index in [1.54, 1.807) is 6.07 Å². The molecule has 2 aliphatic rings. The number of nitrogens with zero attached hydrogens (tertiary/aromatic N) is 1. The highest BCUT2D eigenvalue weighted by atomic mass is 19.1. The fourth-order valence-electron chi connectivity index (χ4n) is 5.10. The molecule has 0 bridgehead atoms. The number of primary amides is 1. The lowest BCUT2D eigenvalue weighted by molar-refractivity contribution is -0.142. The van der Waals surface area contributed by atoms with Crippen LogP contribution in [0.1, 0.15) is 44.1 Å². The summed E-state index contributed by atoms with van der Waals surface area (Å²) in [6, 6.07) is 14.3. The Hall–Kier alpha value is -2.69. The van der Waals surface area contributed by atoms with Gasteiger partial charge in [-0.3, -0.25) is 9.59 Å². The number of piperidine rings is 1. The Morgan fingerprint density at radius 1 is 1.03 bits per heavy atom. The van der Waals surface area contributed by atoms with E-state index in [1.165, 1.54) is 12.1 Å². The van der Waals surface area contributed by atoms with Gasteiger partial charge in [0.15, 0.2) is 0 Å². The normalized spacial score (nSPS) is 22.2. The van der Waals surface area contributed by atoms with Crippen LogP contribution in [0.2, 0.25) is 0 Å². The molecule has 1 heterocycles. The van der Waals surface area contributed by atoms with Crippen molar-refractivity contribution in [1.29, 1.82) is 0 Å². The minimum Gasteiger partial charge on any atom is -0.369 e. The summed E-state index contributed by atoms with van der Waals surface area (Å²) in [4.78, 5) is 27.5. The van der Waals surface area contributed by atoms with Crippen molar-refractivity contribution in [2.24, 2.45) is 17.1 Å². The third kappa shape index (κ3) is 4.25. The predicted molar refractivity (Wildman–Crippen MR) is 115 cm³/mol. The second-order valence-corrected chi connectivity index (χ2v) is 8.88.